The largest absolute Gasteiger partial charge is 0.390 e. The Bertz CT molecular complexity index is 388. The predicted octanol–water partition coefficient (Wildman–Crippen LogP) is 3.46. The molecule has 1 N–H and O–H groups in total. The van der Waals surface area contributed by atoms with E-state index in [0.29, 0.717) is 0 Å². The van der Waals surface area contributed by atoms with Gasteiger partial charge in [-0.05, 0) is 43.6 Å². The molecule has 0 bridgehead atoms. The number of rotatable bonds is 5. The van der Waals surface area contributed by atoms with Gasteiger partial charge in [0.15, 0.2) is 0 Å². The second-order valence-corrected chi connectivity index (χ2v) is 6.33. The smallest absolute Gasteiger partial charge is 0.0651 e. The molecule has 1 heterocycles. The fourth-order valence-corrected chi connectivity index (χ4v) is 3.39. The van der Waals surface area contributed by atoms with Gasteiger partial charge in [0, 0.05) is 13.2 Å². The summed E-state index contributed by atoms with van der Waals surface area (Å²) in [6.07, 6.45) is 14.1. The van der Waals surface area contributed by atoms with Crippen LogP contribution in [0.2, 0.25) is 0 Å². The molecule has 108 valence electrons. The highest BCUT2D eigenvalue weighted by molar-refractivity contribution is 5.04. The number of nitrogens with zero attached hydrogens (tertiary/aromatic N) is 2. The first-order valence-electron chi connectivity index (χ1n) is 7.81. The lowest BCUT2D eigenvalue weighted by atomic mass is 9.87. The summed E-state index contributed by atoms with van der Waals surface area (Å²) in [7, 11) is 1.94. The summed E-state index contributed by atoms with van der Waals surface area (Å²) in [6, 6.07) is 0. The minimum absolute atomic E-state index is 0.432. The zero-order chi connectivity index (χ0) is 13.7. The molecule has 3 nitrogen and oxygen atoms in total. The van der Waals surface area contributed by atoms with Gasteiger partial charge in [0.05, 0.1) is 11.8 Å². The van der Waals surface area contributed by atoms with Crippen LogP contribution in [0.1, 0.15) is 63.9 Å². The van der Waals surface area contributed by atoms with Crippen molar-refractivity contribution >= 4 is 0 Å². The van der Waals surface area contributed by atoms with Crippen LogP contribution in [0, 0.1) is 5.92 Å². The monoisotopic (exact) mass is 264 g/mol. The fourth-order valence-electron chi connectivity index (χ4n) is 3.39. The van der Waals surface area contributed by atoms with Crippen molar-refractivity contribution in [2.75, 3.05) is 0 Å². The van der Waals surface area contributed by atoms with E-state index in [4.69, 9.17) is 0 Å². The maximum absolute atomic E-state index is 10.8. The van der Waals surface area contributed by atoms with Crippen LogP contribution in [-0.2, 0) is 13.5 Å². The number of hydrogen-bond acceptors (Lipinski definition) is 2. The Labute approximate surface area is 117 Å². The highest BCUT2D eigenvalue weighted by atomic mass is 16.3. The molecule has 2 rings (SSSR count). The van der Waals surface area contributed by atoms with Gasteiger partial charge in [-0.2, -0.15) is 5.10 Å². The minimum atomic E-state index is -0.432. The number of aromatic nitrogens is 2. The van der Waals surface area contributed by atoms with Crippen LogP contribution >= 0.6 is 0 Å². The first-order valence-corrected chi connectivity index (χ1v) is 7.81. The van der Waals surface area contributed by atoms with E-state index in [-0.39, 0.29) is 0 Å². The molecule has 1 aromatic rings. The molecule has 1 fully saturated rings. The van der Waals surface area contributed by atoms with Crippen molar-refractivity contribution in [2.24, 2.45) is 13.0 Å². The summed E-state index contributed by atoms with van der Waals surface area (Å²) >= 11 is 0. The SMILES string of the molecule is CCCC1CCCC(O)(CCc2cnn(C)c2)CC1. The normalized spacial score (nSPS) is 28.3. The Balaban J connectivity index is 1.84. The second-order valence-electron chi connectivity index (χ2n) is 6.33. The molecule has 0 spiro atoms. The van der Waals surface area contributed by atoms with Crippen LogP contribution in [0.3, 0.4) is 0 Å². The second kappa shape index (κ2) is 6.56. The van der Waals surface area contributed by atoms with Gasteiger partial charge in [0.2, 0.25) is 0 Å². The van der Waals surface area contributed by atoms with Crippen molar-refractivity contribution in [2.45, 2.75) is 70.3 Å². The molecule has 3 heteroatoms. The molecule has 1 aliphatic carbocycles. The molecule has 0 saturated heterocycles. The summed E-state index contributed by atoms with van der Waals surface area (Å²) in [5.41, 5.74) is 0.809. The van der Waals surface area contributed by atoms with Crippen LogP contribution in [-0.4, -0.2) is 20.5 Å². The summed E-state index contributed by atoms with van der Waals surface area (Å²) in [5.74, 6) is 0.845. The molecule has 2 atom stereocenters. The van der Waals surface area contributed by atoms with Crippen molar-refractivity contribution in [3.63, 3.8) is 0 Å². The molecule has 0 aliphatic heterocycles. The van der Waals surface area contributed by atoms with Crippen molar-refractivity contribution in [1.82, 2.24) is 9.78 Å². The van der Waals surface area contributed by atoms with Gasteiger partial charge >= 0.3 is 0 Å². The summed E-state index contributed by atoms with van der Waals surface area (Å²) in [4.78, 5) is 0. The third-order valence-electron chi connectivity index (χ3n) is 4.61. The Kier molecular flexibility index (Phi) is 5.03. The van der Waals surface area contributed by atoms with Crippen molar-refractivity contribution in [3.05, 3.63) is 18.0 Å². The molecular weight excluding hydrogens is 236 g/mol. The van der Waals surface area contributed by atoms with E-state index in [2.05, 4.69) is 18.2 Å². The third-order valence-corrected chi connectivity index (χ3v) is 4.61. The molecule has 19 heavy (non-hydrogen) atoms. The van der Waals surface area contributed by atoms with Crippen LogP contribution in [0.4, 0.5) is 0 Å². The highest BCUT2D eigenvalue weighted by Gasteiger charge is 2.30. The van der Waals surface area contributed by atoms with E-state index in [1.807, 2.05) is 17.9 Å². The van der Waals surface area contributed by atoms with Gasteiger partial charge in [-0.15, -0.1) is 0 Å². The highest BCUT2D eigenvalue weighted by Crippen LogP contribution is 2.35. The molecular formula is C16H28N2O. The molecule has 0 aromatic carbocycles. The topological polar surface area (TPSA) is 38.1 Å². The summed E-state index contributed by atoms with van der Waals surface area (Å²) in [5, 5.41) is 15.0. The molecule has 2 unspecified atom stereocenters. The van der Waals surface area contributed by atoms with Crippen LogP contribution in [0.25, 0.3) is 0 Å². The lowest BCUT2D eigenvalue weighted by Gasteiger charge is -2.26. The van der Waals surface area contributed by atoms with E-state index in [9.17, 15) is 5.11 Å². The van der Waals surface area contributed by atoms with E-state index in [1.165, 1.54) is 37.7 Å². The molecule has 0 radical (unpaired) electrons. The zero-order valence-electron chi connectivity index (χ0n) is 12.4. The van der Waals surface area contributed by atoms with Gasteiger partial charge in [0.25, 0.3) is 0 Å². The number of aryl methyl sites for hydroxylation is 2. The third kappa shape index (κ3) is 4.34. The van der Waals surface area contributed by atoms with Gasteiger partial charge in [-0.25, -0.2) is 0 Å². The van der Waals surface area contributed by atoms with E-state index < -0.39 is 5.60 Å². The van der Waals surface area contributed by atoms with Gasteiger partial charge in [-0.1, -0.05) is 32.6 Å². The fraction of sp³-hybridized carbons (Fsp3) is 0.812. The minimum Gasteiger partial charge on any atom is -0.390 e. The molecule has 1 saturated carbocycles. The molecule has 0 amide bonds. The summed E-state index contributed by atoms with van der Waals surface area (Å²) < 4.78 is 1.84. The average molecular weight is 264 g/mol. The maximum Gasteiger partial charge on any atom is 0.0651 e. The van der Waals surface area contributed by atoms with Gasteiger partial charge in [0.1, 0.15) is 0 Å². The van der Waals surface area contributed by atoms with Crippen LogP contribution in [0.15, 0.2) is 12.4 Å². The lowest BCUT2D eigenvalue weighted by Crippen LogP contribution is -2.28. The zero-order valence-corrected chi connectivity index (χ0v) is 12.4. The Morgan fingerprint density at radius 2 is 2.26 bits per heavy atom. The van der Waals surface area contributed by atoms with E-state index in [1.54, 1.807) is 0 Å². The molecule has 1 aromatic heterocycles. The van der Waals surface area contributed by atoms with Crippen molar-refractivity contribution in [3.8, 4) is 0 Å². The Hall–Kier alpha value is -0.830. The van der Waals surface area contributed by atoms with E-state index >= 15 is 0 Å². The first kappa shape index (κ1) is 14.6. The quantitative estimate of drug-likeness (QED) is 0.827. The van der Waals surface area contributed by atoms with Crippen molar-refractivity contribution in [1.29, 1.82) is 0 Å². The molecule has 1 aliphatic rings. The van der Waals surface area contributed by atoms with E-state index in [0.717, 1.165) is 31.6 Å². The van der Waals surface area contributed by atoms with Gasteiger partial charge in [-0.3, -0.25) is 4.68 Å². The van der Waals surface area contributed by atoms with Crippen LogP contribution < -0.4 is 0 Å². The Morgan fingerprint density at radius 1 is 1.42 bits per heavy atom. The lowest BCUT2D eigenvalue weighted by molar-refractivity contribution is 0.0156. The van der Waals surface area contributed by atoms with Crippen LogP contribution in [0.5, 0.6) is 0 Å². The van der Waals surface area contributed by atoms with Crippen molar-refractivity contribution < 1.29 is 5.11 Å². The first-order chi connectivity index (χ1) is 9.11. The predicted molar refractivity (Wildman–Crippen MR) is 78.0 cm³/mol. The number of hydrogen-bond donors (Lipinski definition) is 1. The number of aliphatic hydroxyl groups is 1. The summed E-state index contributed by atoms with van der Waals surface area (Å²) in [6.45, 7) is 2.26. The Morgan fingerprint density at radius 3 is 2.95 bits per heavy atom. The average Bonchev–Trinajstić information content (AvgIpc) is 2.71. The van der Waals surface area contributed by atoms with Gasteiger partial charge < -0.3 is 5.11 Å². The standard InChI is InChI=1S/C16H28N2O/c1-3-5-14-6-4-9-16(19,10-7-14)11-8-15-12-17-18(2)13-15/h12-14,19H,3-11H2,1-2H3. The maximum atomic E-state index is 10.8.